The number of hydrogen-bond donors (Lipinski definition) is 0. The van der Waals surface area contributed by atoms with Crippen molar-refractivity contribution in [2.45, 2.75) is 65.7 Å². The zero-order valence-electron chi connectivity index (χ0n) is 27.9. The van der Waals surface area contributed by atoms with Crippen LogP contribution in [0.4, 0.5) is 11.4 Å². The van der Waals surface area contributed by atoms with Crippen LogP contribution in [0.15, 0.2) is 75.6 Å². The lowest BCUT2D eigenvalue weighted by Gasteiger charge is -2.32. The summed E-state index contributed by atoms with van der Waals surface area (Å²) in [5.41, 5.74) is 7.51. The first-order chi connectivity index (χ1) is 22.2. The first-order valence-corrected chi connectivity index (χ1v) is 17.4. The fourth-order valence-corrected chi connectivity index (χ4v) is 8.27. The number of fused-ring (bicyclic) bond motifs is 8. The summed E-state index contributed by atoms with van der Waals surface area (Å²) in [6, 6.07) is 25.3. The summed E-state index contributed by atoms with van der Waals surface area (Å²) in [6.45, 7) is 16.2. The van der Waals surface area contributed by atoms with Crippen LogP contribution in [0.2, 0.25) is 0 Å². The van der Waals surface area contributed by atoms with Gasteiger partial charge in [-0.15, -0.1) is 0 Å². The summed E-state index contributed by atoms with van der Waals surface area (Å²) in [4.78, 5) is 5.08. The Hall–Kier alpha value is -4.18. The Morgan fingerprint density at radius 2 is 1.07 bits per heavy atom. The average Bonchev–Trinajstić information content (AvgIpc) is 3.57. The minimum atomic E-state index is -0.148. The molecule has 234 valence electrons. The van der Waals surface area contributed by atoms with E-state index >= 15 is 0 Å². The second-order valence-electron chi connectivity index (χ2n) is 15.6. The van der Waals surface area contributed by atoms with Crippen molar-refractivity contribution < 1.29 is 8.83 Å². The molecule has 9 rings (SSSR count). The molecule has 0 bridgehead atoms. The molecule has 2 aliphatic rings. The van der Waals surface area contributed by atoms with Gasteiger partial charge in [-0.05, 0) is 119 Å². The maximum absolute atomic E-state index is 6.86. The van der Waals surface area contributed by atoms with E-state index in [2.05, 4.69) is 111 Å². The Bertz CT molecular complexity index is 2260. The maximum atomic E-state index is 6.86. The zero-order valence-corrected chi connectivity index (χ0v) is 27.9. The van der Waals surface area contributed by atoms with E-state index in [0.29, 0.717) is 0 Å². The molecule has 0 atom stereocenters. The molecule has 5 aromatic carbocycles. The Morgan fingerprint density at radius 3 is 1.61 bits per heavy atom. The van der Waals surface area contributed by atoms with E-state index in [-0.39, 0.29) is 5.41 Å². The van der Waals surface area contributed by atoms with Crippen LogP contribution in [-0.4, -0.2) is 26.2 Å². The van der Waals surface area contributed by atoms with Gasteiger partial charge in [-0.3, -0.25) is 0 Å². The van der Waals surface area contributed by atoms with Gasteiger partial charge in [0.05, 0.1) is 0 Å². The van der Waals surface area contributed by atoms with Gasteiger partial charge in [-0.25, -0.2) is 0 Å². The molecule has 4 nitrogen and oxygen atoms in total. The fourth-order valence-electron chi connectivity index (χ4n) is 8.27. The number of rotatable bonds is 2. The van der Waals surface area contributed by atoms with Crippen molar-refractivity contribution in [1.82, 2.24) is 0 Å². The molecule has 2 saturated heterocycles. The lowest BCUT2D eigenvalue weighted by atomic mass is 9.82. The number of hydrogen-bond acceptors (Lipinski definition) is 4. The Balaban J connectivity index is 1.21. The van der Waals surface area contributed by atoms with Crippen LogP contribution in [0.3, 0.4) is 0 Å². The number of piperidine rings is 2. The predicted octanol–water partition coefficient (Wildman–Crippen LogP) is 11.6. The molecule has 0 N–H and O–H groups in total. The molecule has 0 radical (unpaired) electrons. The summed E-state index contributed by atoms with van der Waals surface area (Å²) < 4.78 is 13.6. The quantitative estimate of drug-likeness (QED) is 0.195. The van der Waals surface area contributed by atoms with Gasteiger partial charge in [0.15, 0.2) is 0 Å². The first-order valence-electron chi connectivity index (χ1n) is 17.4. The Kier molecular flexibility index (Phi) is 6.20. The third-order valence-electron chi connectivity index (χ3n) is 11.1. The topological polar surface area (TPSA) is 32.8 Å². The average molecular weight is 609 g/mol. The molecular weight excluding hydrogens is 564 g/mol. The van der Waals surface area contributed by atoms with E-state index in [1.807, 2.05) is 0 Å². The standard InChI is InChI=1S/C42H44N2O2/c1-25-10-14-43(15-11-25)31-8-6-27-20-33-34-24-38-39(40(42(3,4)5)41(34)46-36(33)22-29(27)18-31)35-21-28-7-9-32(19-30(28)23-37(35)45-38)44-16-12-26(2)13-17-44/h6-9,18-26H,10-17H2,1-5H3. The minimum absolute atomic E-state index is 0.148. The second-order valence-corrected chi connectivity index (χ2v) is 15.6. The van der Waals surface area contributed by atoms with Crippen molar-refractivity contribution in [2.24, 2.45) is 11.8 Å². The maximum Gasteiger partial charge on any atom is 0.140 e. The normalized spacial score (nSPS) is 17.6. The van der Waals surface area contributed by atoms with Crippen LogP contribution in [-0.2, 0) is 5.41 Å². The minimum Gasteiger partial charge on any atom is -0.456 e. The summed E-state index contributed by atoms with van der Waals surface area (Å²) >= 11 is 0. The number of anilines is 2. The largest absolute Gasteiger partial charge is 0.456 e. The Labute approximate surface area is 270 Å². The van der Waals surface area contributed by atoms with Crippen LogP contribution in [0.1, 0.15) is 65.9 Å². The number of nitrogens with zero attached hydrogens (tertiary/aromatic N) is 2. The molecule has 4 heteroatoms. The third kappa shape index (κ3) is 4.47. The van der Waals surface area contributed by atoms with Gasteiger partial charge in [0.25, 0.3) is 0 Å². The van der Waals surface area contributed by atoms with E-state index in [1.165, 1.54) is 74.9 Å². The summed E-state index contributed by atoms with van der Waals surface area (Å²) in [7, 11) is 0. The second kappa shape index (κ2) is 10.2. The first kappa shape index (κ1) is 28.1. The van der Waals surface area contributed by atoms with Crippen LogP contribution in [0, 0.1) is 11.8 Å². The monoisotopic (exact) mass is 608 g/mol. The predicted molar refractivity (Wildman–Crippen MR) is 196 cm³/mol. The molecule has 46 heavy (non-hydrogen) atoms. The van der Waals surface area contributed by atoms with Gasteiger partial charge in [0, 0.05) is 64.7 Å². The number of furan rings is 2. The van der Waals surface area contributed by atoms with Gasteiger partial charge >= 0.3 is 0 Å². The zero-order chi connectivity index (χ0) is 31.3. The summed E-state index contributed by atoms with van der Waals surface area (Å²) in [5.74, 6) is 1.64. The van der Waals surface area contributed by atoms with E-state index in [1.54, 1.807) is 0 Å². The molecular formula is C42H44N2O2. The van der Waals surface area contributed by atoms with E-state index in [9.17, 15) is 0 Å². The van der Waals surface area contributed by atoms with Crippen LogP contribution in [0.5, 0.6) is 0 Å². The summed E-state index contributed by atoms with van der Waals surface area (Å²) in [5, 5.41) is 9.60. The molecule has 0 amide bonds. The lowest BCUT2D eigenvalue weighted by Crippen LogP contribution is -2.32. The highest BCUT2D eigenvalue weighted by molar-refractivity contribution is 6.20. The van der Waals surface area contributed by atoms with Gasteiger partial charge in [-0.2, -0.15) is 0 Å². The number of benzene rings is 5. The molecule has 4 heterocycles. The molecule has 2 fully saturated rings. The molecule has 0 saturated carbocycles. The van der Waals surface area contributed by atoms with Crippen molar-refractivity contribution in [3.05, 3.63) is 72.3 Å². The van der Waals surface area contributed by atoms with E-state index in [0.717, 1.165) is 71.1 Å². The molecule has 0 aliphatic carbocycles. The van der Waals surface area contributed by atoms with Crippen molar-refractivity contribution in [1.29, 1.82) is 0 Å². The van der Waals surface area contributed by atoms with Crippen LogP contribution in [0.25, 0.3) is 65.4 Å². The highest BCUT2D eigenvalue weighted by Gasteiger charge is 2.28. The van der Waals surface area contributed by atoms with E-state index in [4.69, 9.17) is 8.83 Å². The van der Waals surface area contributed by atoms with Gasteiger partial charge in [0.1, 0.15) is 22.3 Å². The summed E-state index contributed by atoms with van der Waals surface area (Å²) in [6.07, 6.45) is 5.06. The Morgan fingerprint density at radius 1 is 0.543 bits per heavy atom. The van der Waals surface area contributed by atoms with Gasteiger partial charge in [-0.1, -0.05) is 46.8 Å². The molecule has 2 aromatic heterocycles. The van der Waals surface area contributed by atoms with Crippen LogP contribution >= 0.6 is 0 Å². The van der Waals surface area contributed by atoms with Crippen molar-refractivity contribution in [2.75, 3.05) is 36.0 Å². The van der Waals surface area contributed by atoms with Crippen molar-refractivity contribution in [3.63, 3.8) is 0 Å². The van der Waals surface area contributed by atoms with Gasteiger partial charge in [0.2, 0.25) is 0 Å². The lowest BCUT2D eigenvalue weighted by molar-refractivity contribution is 0.438. The fraction of sp³-hybridized carbons (Fsp3) is 0.381. The molecule has 0 unspecified atom stereocenters. The van der Waals surface area contributed by atoms with Crippen LogP contribution < -0.4 is 9.80 Å². The third-order valence-corrected chi connectivity index (χ3v) is 11.1. The highest BCUT2D eigenvalue weighted by Crippen LogP contribution is 2.46. The molecule has 7 aromatic rings. The van der Waals surface area contributed by atoms with Crippen molar-refractivity contribution in [3.8, 4) is 0 Å². The van der Waals surface area contributed by atoms with E-state index < -0.39 is 0 Å². The van der Waals surface area contributed by atoms with Crippen molar-refractivity contribution >= 4 is 76.8 Å². The molecule has 2 aliphatic heterocycles. The highest BCUT2D eigenvalue weighted by atomic mass is 16.3. The smallest absolute Gasteiger partial charge is 0.140 e. The SMILES string of the molecule is CC1CCN(c2ccc3cc4c(cc3c2)oc2c(C(C)(C)C)c3c(cc24)oc2cc4cc(N5CCC(C)CC5)ccc4cc23)CC1. The molecule has 0 spiro atoms. The van der Waals surface area contributed by atoms with Gasteiger partial charge < -0.3 is 18.6 Å².